The van der Waals surface area contributed by atoms with Crippen molar-refractivity contribution in [1.82, 2.24) is 10.3 Å². The smallest absolute Gasteiger partial charge is 0.0797 e. The van der Waals surface area contributed by atoms with Gasteiger partial charge in [-0.15, -0.1) is 11.3 Å². The SMILES string of the molecule is CCC(C)CC(C)NCCc1scnc1C. The zero-order valence-electron chi connectivity index (χ0n) is 10.9. The lowest BCUT2D eigenvalue weighted by Crippen LogP contribution is -2.29. The van der Waals surface area contributed by atoms with Gasteiger partial charge in [-0.05, 0) is 32.6 Å². The third-order valence-electron chi connectivity index (χ3n) is 3.14. The molecule has 1 heterocycles. The highest BCUT2D eigenvalue weighted by Crippen LogP contribution is 2.13. The average molecular weight is 240 g/mol. The minimum absolute atomic E-state index is 0.628. The third kappa shape index (κ3) is 4.62. The van der Waals surface area contributed by atoms with E-state index in [4.69, 9.17) is 0 Å². The van der Waals surface area contributed by atoms with Crippen LogP contribution >= 0.6 is 11.3 Å². The van der Waals surface area contributed by atoms with Gasteiger partial charge in [-0.1, -0.05) is 20.3 Å². The van der Waals surface area contributed by atoms with Gasteiger partial charge in [-0.3, -0.25) is 0 Å². The number of nitrogens with one attached hydrogen (secondary N) is 1. The maximum absolute atomic E-state index is 4.27. The van der Waals surface area contributed by atoms with E-state index in [2.05, 4.69) is 38.0 Å². The van der Waals surface area contributed by atoms with Crippen LogP contribution in [-0.4, -0.2) is 17.6 Å². The van der Waals surface area contributed by atoms with Crippen molar-refractivity contribution in [2.45, 2.75) is 53.0 Å². The summed E-state index contributed by atoms with van der Waals surface area (Å²) in [5.74, 6) is 0.827. The zero-order valence-corrected chi connectivity index (χ0v) is 11.7. The molecular formula is C13H24N2S. The van der Waals surface area contributed by atoms with E-state index >= 15 is 0 Å². The average Bonchev–Trinajstić information content (AvgIpc) is 2.64. The van der Waals surface area contributed by atoms with Crippen LogP contribution in [0.1, 0.15) is 44.2 Å². The molecule has 0 bridgehead atoms. The largest absolute Gasteiger partial charge is 0.314 e. The van der Waals surface area contributed by atoms with Gasteiger partial charge in [0.25, 0.3) is 0 Å². The number of hydrogen-bond acceptors (Lipinski definition) is 3. The molecule has 2 atom stereocenters. The molecule has 0 amide bonds. The standard InChI is InChI=1S/C13H24N2S/c1-5-10(2)8-11(3)14-7-6-13-12(4)15-9-16-13/h9-11,14H,5-8H2,1-4H3. The Morgan fingerprint density at radius 3 is 2.75 bits per heavy atom. The molecule has 16 heavy (non-hydrogen) atoms. The molecule has 1 rings (SSSR count). The van der Waals surface area contributed by atoms with Crippen molar-refractivity contribution in [1.29, 1.82) is 0 Å². The van der Waals surface area contributed by atoms with E-state index in [1.54, 1.807) is 11.3 Å². The molecular weight excluding hydrogens is 216 g/mol. The molecule has 0 spiro atoms. The van der Waals surface area contributed by atoms with Crippen LogP contribution in [0.5, 0.6) is 0 Å². The number of hydrogen-bond donors (Lipinski definition) is 1. The molecule has 2 unspecified atom stereocenters. The fraction of sp³-hybridized carbons (Fsp3) is 0.769. The molecule has 0 fully saturated rings. The Hall–Kier alpha value is -0.410. The summed E-state index contributed by atoms with van der Waals surface area (Å²) in [6.45, 7) is 10.0. The van der Waals surface area contributed by atoms with Crippen LogP contribution in [0, 0.1) is 12.8 Å². The van der Waals surface area contributed by atoms with Crippen LogP contribution in [0.15, 0.2) is 5.51 Å². The van der Waals surface area contributed by atoms with Crippen molar-refractivity contribution < 1.29 is 0 Å². The highest BCUT2D eigenvalue weighted by molar-refractivity contribution is 7.09. The van der Waals surface area contributed by atoms with Gasteiger partial charge in [0, 0.05) is 17.5 Å². The quantitative estimate of drug-likeness (QED) is 0.790. The number of thiazole rings is 1. The summed E-state index contributed by atoms with van der Waals surface area (Å²) in [4.78, 5) is 5.69. The van der Waals surface area contributed by atoms with Crippen LogP contribution in [0.25, 0.3) is 0 Å². The summed E-state index contributed by atoms with van der Waals surface area (Å²) in [7, 11) is 0. The number of aryl methyl sites for hydroxylation is 1. The summed E-state index contributed by atoms with van der Waals surface area (Å²) in [5.41, 5.74) is 3.13. The van der Waals surface area contributed by atoms with Crippen LogP contribution < -0.4 is 5.32 Å². The second-order valence-electron chi connectivity index (χ2n) is 4.72. The topological polar surface area (TPSA) is 24.9 Å². The van der Waals surface area contributed by atoms with Crippen LogP contribution in [0.2, 0.25) is 0 Å². The van der Waals surface area contributed by atoms with E-state index < -0.39 is 0 Å². The Balaban J connectivity index is 2.18. The molecule has 2 nitrogen and oxygen atoms in total. The van der Waals surface area contributed by atoms with Gasteiger partial charge < -0.3 is 5.32 Å². The molecule has 0 aliphatic carbocycles. The van der Waals surface area contributed by atoms with Crippen LogP contribution in [0.3, 0.4) is 0 Å². The first-order chi connectivity index (χ1) is 7.63. The first-order valence-corrected chi connectivity index (χ1v) is 7.13. The maximum atomic E-state index is 4.27. The number of aromatic nitrogens is 1. The van der Waals surface area contributed by atoms with E-state index in [9.17, 15) is 0 Å². The Kier molecular flexibility index (Phi) is 5.99. The molecule has 1 N–H and O–H groups in total. The van der Waals surface area contributed by atoms with Gasteiger partial charge in [0.2, 0.25) is 0 Å². The molecule has 0 radical (unpaired) electrons. The van der Waals surface area contributed by atoms with Crippen LogP contribution in [-0.2, 0) is 6.42 Å². The summed E-state index contributed by atoms with van der Waals surface area (Å²) < 4.78 is 0. The highest BCUT2D eigenvalue weighted by Gasteiger charge is 2.07. The molecule has 0 aliphatic heterocycles. The molecule has 1 aromatic heterocycles. The Morgan fingerprint density at radius 2 is 2.19 bits per heavy atom. The van der Waals surface area contributed by atoms with E-state index in [1.165, 1.54) is 23.4 Å². The fourth-order valence-electron chi connectivity index (χ4n) is 1.85. The molecule has 1 aromatic rings. The number of rotatable bonds is 7. The number of nitrogens with zero attached hydrogens (tertiary/aromatic N) is 1. The van der Waals surface area contributed by atoms with E-state index in [0.717, 1.165) is 18.9 Å². The van der Waals surface area contributed by atoms with Gasteiger partial charge in [0.1, 0.15) is 0 Å². The summed E-state index contributed by atoms with van der Waals surface area (Å²) in [6, 6.07) is 0.628. The lowest BCUT2D eigenvalue weighted by molar-refractivity contribution is 0.415. The van der Waals surface area contributed by atoms with Gasteiger partial charge >= 0.3 is 0 Å². The van der Waals surface area contributed by atoms with E-state index in [1.807, 2.05) is 5.51 Å². The molecule has 92 valence electrons. The minimum Gasteiger partial charge on any atom is -0.314 e. The van der Waals surface area contributed by atoms with Crippen molar-refractivity contribution in [3.8, 4) is 0 Å². The van der Waals surface area contributed by atoms with Crippen molar-refractivity contribution in [3.63, 3.8) is 0 Å². The van der Waals surface area contributed by atoms with E-state index in [0.29, 0.717) is 6.04 Å². The first-order valence-electron chi connectivity index (χ1n) is 6.25. The van der Waals surface area contributed by atoms with Gasteiger partial charge in [0.15, 0.2) is 0 Å². The molecule has 0 aliphatic rings. The van der Waals surface area contributed by atoms with Crippen molar-refractivity contribution in [2.75, 3.05) is 6.54 Å². The van der Waals surface area contributed by atoms with Gasteiger partial charge in [-0.2, -0.15) is 0 Å². The summed E-state index contributed by atoms with van der Waals surface area (Å²) in [6.07, 6.45) is 3.67. The first kappa shape index (κ1) is 13.7. The molecule has 3 heteroatoms. The monoisotopic (exact) mass is 240 g/mol. The lowest BCUT2D eigenvalue weighted by atomic mass is 10.0. The maximum Gasteiger partial charge on any atom is 0.0797 e. The highest BCUT2D eigenvalue weighted by atomic mass is 32.1. The third-order valence-corrected chi connectivity index (χ3v) is 4.14. The fourth-order valence-corrected chi connectivity index (χ4v) is 2.63. The van der Waals surface area contributed by atoms with Crippen molar-refractivity contribution in [2.24, 2.45) is 5.92 Å². The Bertz CT molecular complexity index is 296. The molecule has 0 saturated carbocycles. The predicted molar refractivity (Wildman–Crippen MR) is 72.1 cm³/mol. The second kappa shape index (κ2) is 7.02. The minimum atomic E-state index is 0.628. The van der Waals surface area contributed by atoms with Gasteiger partial charge in [0.05, 0.1) is 11.2 Å². The van der Waals surface area contributed by atoms with Gasteiger partial charge in [-0.25, -0.2) is 4.98 Å². The van der Waals surface area contributed by atoms with Crippen molar-refractivity contribution >= 4 is 11.3 Å². The lowest BCUT2D eigenvalue weighted by Gasteiger charge is -2.17. The van der Waals surface area contributed by atoms with Crippen LogP contribution in [0.4, 0.5) is 0 Å². The Morgan fingerprint density at radius 1 is 1.44 bits per heavy atom. The second-order valence-corrected chi connectivity index (χ2v) is 5.65. The molecule has 0 aromatic carbocycles. The zero-order chi connectivity index (χ0) is 12.0. The van der Waals surface area contributed by atoms with Crippen molar-refractivity contribution in [3.05, 3.63) is 16.1 Å². The predicted octanol–water partition coefficient (Wildman–Crippen LogP) is 3.41. The summed E-state index contributed by atoms with van der Waals surface area (Å²) in [5, 5.41) is 3.59. The molecule has 0 saturated heterocycles. The summed E-state index contributed by atoms with van der Waals surface area (Å²) >= 11 is 1.77. The normalized spacial score (nSPS) is 15.0. The Labute approximate surface area is 103 Å². The van der Waals surface area contributed by atoms with E-state index in [-0.39, 0.29) is 0 Å².